The Balaban J connectivity index is 1.57. The maximum absolute atomic E-state index is 13.3. The fourth-order valence-corrected chi connectivity index (χ4v) is 5.03. The number of aliphatic hydroxyl groups is 1. The van der Waals surface area contributed by atoms with Crippen LogP contribution in [0.3, 0.4) is 0 Å². The topological polar surface area (TPSA) is 147 Å². The average Bonchev–Trinajstić information content (AvgIpc) is 3.35. The molecule has 0 saturated carbocycles. The lowest BCUT2D eigenvalue weighted by atomic mass is 10.0. The number of fused-ring (bicyclic) bond motifs is 2. The van der Waals surface area contributed by atoms with Gasteiger partial charge < -0.3 is 34.4 Å². The van der Waals surface area contributed by atoms with Crippen LogP contribution >= 0.6 is 0 Å². The highest BCUT2D eigenvalue weighted by Gasteiger charge is 2.32. The summed E-state index contributed by atoms with van der Waals surface area (Å²) in [6.07, 6.45) is 0.478. The monoisotopic (exact) mass is 562 g/mol. The zero-order valence-corrected chi connectivity index (χ0v) is 23.2. The van der Waals surface area contributed by atoms with Crippen molar-refractivity contribution in [2.45, 2.75) is 32.4 Å². The van der Waals surface area contributed by atoms with Crippen LogP contribution in [0.4, 0.5) is 16.2 Å². The zero-order valence-electron chi connectivity index (χ0n) is 22.3. The Morgan fingerprint density at radius 2 is 1.85 bits per heavy atom. The lowest BCUT2D eigenvalue weighted by molar-refractivity contribution is -0.134. The molecule has 2 aliphatic heterocycles. The Morgan fingerprint density at radius 3 is 2.56 bits per heavy atom. The number of nitrogens with zero attached hydrogens (tertiary/aromatic N) is 2. The van der Waals surface area contributed by atoms with Crippen molar-refractivity contribution in [3.8, 4) is 17.2 Å². The van der Waals surface area contributed by atoms with Gasteiger partial charge in [0.05, 0.1) is 31.9 Å². The van der Waals surface area contributed by atoms with E-state index in [0.717, 1.165) is 6.26 Å². The second-order valence-electron chi connectivity index (χ2n) is 9.96. The third-order valence-electron chi connectivity index (χ3n) is 6.64. The van der Waals surface area contributed by atoms with Crippen LogP contribution < -0.4 is 24.2 Å². The Labute approximate surface area is 227 Å². The van der Waals surface area contributed by atoms with Crippen LogP contribution in [-0.2, 0) is 21.2 Å². The van der Waals surface area contributed by atoms with Gasteiger partial charge in [-0.1, -0.05) is 6.92 Å². The smallest absolute Gasteiger partial charge is 0.321 e. The predicted molar refractivity (Wildman–Crippen MR) is 145 cm³/mol. The summed E-state index contributed by atoms with van der Waals surface area (Å²) in [6.45, 7) is 4.08. The van der Waals surface area contributed by atoms with Gasteiger partial charge >= 0.3 is 6.03 Å². The van der Waals surface area contributed by atoms with Gasteiger partial charge in [0.2, 0.25) is 22.7 Å². The minimum atomic E-state index is -3.53. The fourth-order valence-electron chi connectivity index (χ4n) is 4.47. The molecule has 212 valence electrons. The van der Waals surface area contributed by atoms with E-state index < -0.39 is 22.2 Å². The SMILES string of the molecule is C[C@H]1CN([C@@H](C)CO)C(=O)Cc2cc(NS(C)(=O)=O)ccc2O[C@H]1CN(C)C(=O)Nc1ccc2c(c1)OCO2. The number of hydrogen-bond donors (Lipinski definition) is 3. The largest absolute Gasteiger partial charge is 0.488 e. The van der Waals surface area contributed by atoms with Crippen LogP contribution in [0.25, 0.3) is 0 Å². The molecule has 0 bridgehead atoms. The van der Waals surface area contributed by atoms with Crippen LogP contribution in [-0.4, -0.2) is 87.2 Å². The highest BCUT2D eigenvalue weighted by molar-refractivity contribution is 7.92. The molecule has 3 atom stereocenters. The first kappa shape index (κ1) is 28.3. The van der Waals surface area contributed by atoms with Crippen LogP contribution in [0.5, 0.6) is 17.2 Å². The van der Waals surface area contributed by atoms with Crippen molar-refractivity contribution in [3.05, 3.63) is 42.0 Å². The second-order valence-corrected chi connectivity index (χ2v) is 11.7. The van der Waals surface area contributed by atoms with Crippen LogP contribution in [0.2, 0.25) is 0 Å². The molecule has 0 radical (unpaired) electrons. The van der Waals surface area contributed by atoms with E-state index in [1.807, 2.05) is 6.92 Å². The van der Waals surface area contributed by atoms with E-state index in [2.05, 4.69) is 10.0 Å². The van der Waals surface area contributed by atoms with Crippen molar-refractivity contribution >= 4 is 33.3 Å². The average molecular weight is 563 g/mol. The van der Waals surface area contributed by atoms with E-state index >= 15 is 0 Å². The van der Waals surface area contributed by atoms with Crippen LogP contribution in [0.15, 0.2) is 36.4 Å². The molecule has 0 fully saturated rings. The van der Waals surface area contributed by atoms with Gasteiger partial charge in [0.25, 0.3) is 0 Å². The van der Waals surface area contributed by atoms with Gasteiger partial charge in [-0.3, -0.25) is 9.52 Å². The number of ether oxygens (including phenoxy) is 3. The van der Waals surface area contributed by atoms with Gasteiger partial charge in [-0.15, -0.1) is 0 Å². The van der Waals surface area contributed by atoms with Gasteiger partial charge in [-0.05, 0) is 37.3 Å². The maximum atomic E-state index is 13.3. The summed E-state index contributed by atoms with van der Waals surface area (Å²) in [5.74, 6) is 1.14. The Morgan fingerprint density at radius 1 is 1.15 bits per heavy atom. The van der Waals surface area contributed by atoms with Gasteiger partial charge in [0.15, 0.2) is 11.5 Å². The molecule has 39 heavy (non-hydrogen) atoms. The first-order valence-corrected chi connectivity index (χ1v) is 14.4. The molecule has 0 aromatic heterocycles. The third kappa shape index (κ3) is 7.03. The normalized spacial score (nSPS) is 19.6. The van der Waals surface area contributed by atoms with Crippen molar-refractivity contribution in [3.63, 3.8) is 0 Å². The number of benzene rings is 2. The number of amides is 3. The van der Waals surface area contributed by atoms with Gasteiger partial charge in [0.1, 0.15) is 11.9 Å². The number of nitrogens with one attached hydrogen (secondary N) is 2. The number of rotatable bonds is 7. The minimum absolute atomic E-state index is 0.0428. The lowest BCUT2D eigenvalue weighted by Crippen LogP contribution is -2.48. The quantitative estimate of drug-likeness (QED) is 0.465. The van der Waals surface area contributed by atoms with E-state index in [4.69, 9.17) is 14.2 Å². The van der Waals surface area contributed by atoms with Crippen molar-refractivity contribution in [2.24, 2.45) is 5.92 Å². The molecule has 2 aromatic rings. The van der Waals surface area contributed by atoms with Crippen LogP contribution in [0.1, 0.15) is 19.4 Å². The number of likely N-dealkylation sites (N-methyl/N-ethyl adjacent to an activating group) is 1. The zero-order chi connectivity index (χ0) is 28.3. The van der Waals surface area contributed by atoms with E-state index in [0.29, 0.717) is 40.7 Å². The number of carbonyl (C=O) groups excluding carboxylic acids is 2. The highest BCUT2D eigenvalue weighted by atomic mass is 32.2. The molecule has 3 N–H and O–H groups in total. The van der Waals surface area contributed by atoms with Gasteiger partial charge in [0, 0.05) is 42.5 Å². The molecule has 0 unspecified atom stereocenters. The Hall–Kier alpha value is -3.71. The third-order valence-corrected chi connectivity index (χ3v) is 7.25. The Kier molecular flexibility index (Phi) is 8.40. The van der Waals surface area contributed by atoms with E-state index in [-0.39, 0.29) is 44.2 Å². The van der Waals surface area contributed by atoms with Crippen molar-refractivity contribution in [1.29, 1.82) is 0 Å². The molecule has 2 heterocycles. The molecule has 2 aromatic carbocycles. The van der Waals surface area contributed by atoms with Crippen molar-refractivity contribution in [1.82, 2.24) is 9.80 Å². The standard InChI is InChI=1S/C26H34N4O8S/c1-16-12-30(17(2)14-31)25(32)10-18-9-20(28-39(4,34)35)6-7-21(18)38-24(16)13-29(3)26(33)27-19-5-8-22-23(11-19)37-15-36-22/h5-9,11,16-17,24,28,31H,10,12-15H2,1-4H3,(H,27,33)/t16-,17-,24-/m0/s1. The number of anilines is 2. The number of hydrogen-bond acceptors (Lipinski definition) is 8. The van der Waals surface area contributed by atoms with Gasteiger partial charge in [-0.25, -0.2) is 13.2 Å². The van der Waals surface area contributed by atoms with Crippen LogP contribution in [0, 0.1) is 5.92 Å². The maximum Gasteiger partial charge on any atom is 0.321 e. The van der Waals surface area contributed by atoms with E-state index in [1.165, 1.54) is 4.90 Å². The van der Waals surface area contributed by atoms with Crippen molar-refractivity contribution in [2.75, 3.05) is 49.8 Å². The summed E-state index contributed by atoms with van der Waals surface area (Å²) in [7, 11) is -1.89. The first-order chi connectivity index (χ1) is 18.4. The summed E-state index contributed by atoms with van der Waals surface area (Å²) < 4.78 is 43.0. The lowest BCUT2D eigenvalue weighted by Gasteiger charge is -2.34. The summed E-state index contributed by atoms with van der Waals surface area (Å²) >= 11 is 0. The molecule has 0 saturated heterocycles. The highest BCUT2D eigenvalue weighted by Crippen LogP contribution is 2.34. The molecule has 0 aliphatic carbocycles. The molecular weight excluding hydrogens is 528 g/mol. The molecule has 12 nitrogen and oxygen atoms in total. The van der Waals surface area contributed by atoms with E-state index in [1.54, 1.807) is 55.3 Å². The Bertz CT molecular complexity index is 1340. The van der Waals surface area contributed by atoms with Crippen molar-refractivity contribution < 1.29 is 37.3 Å². The number of urea groups is 1. The summed E-state index contributed by atoms with van der Waals surface area (Å²) in [5, 5.41) is 12.6. The molecule has 0 spiro atoms. The second kappa shape index (κ2) is 11.6. The molecular formula is C26H34N4O8S. The fraction of sp³-hybridized carbons (Fsp3) is 0.462. The van der Waals surface area contributed by atoms with E-state index in [9.17, 15) is 23.1 Å². The minimum Gasteiger partial charge on any atom is -0.488 e. The predicted octanol–water partition coefficient (Wildman–Crippen LogP) is 2.10. The summed E-state index contributed by atoms with van der Waals surface area (Å²) in [5.41, 5.74) is 1.35. The molecule has 4 rings (SSSR count). The van der Waals surface area contributed by atoms with Gasteiger partial charge in [-0.2, -0.15) is 0 Å². The number of carbonyl (C=O) groups is 2. The summed E-state index contributed by atoms with van der Waals surface area (Å²) in [6, 6.07) is 9.07. The molecule has 2 aliphatic rings. The number of aliphatic hydroxyl groups excluding tert-OH is 1. The number of sulfonamides is 1. The summed E-state index contributed by atoms with van der Waals surface area (Å²) in [4.78, 5) is 29.4. The molecule has 3 amide bonds. The first-order valence-electron chi connectivity index (χ1n) is 12.5. The molecule has 13 heteroatoms.